The third kappa shape index (κ3) is 6.63. The van der Waals surface area contributed by atoms with Crippen LogP contribution in [0.3, 0.4) is 0 Å². The molecule has 2 atom stereocenters. The lowest BCUT2D eigenvalue weighted by Crippen LogP contribution is -2.32. The fourth-order valence-corrected chi connectivity index (χ4v) is 3.73. The van der Waals surface area contributed by atoms with Crippen LogP contribution in [0.4, 0.5) is 13.2 Å². The Bertz CT molecular complexity index is 861. The van der Waals surface area contributed by atoms with Crippen molar-refractivity contribution in [1.29, 1.82) is 0 Å². The van der Waals surface area contributed by atoms with Gasteiger partial charge >= 0.3 is 6.18 Å². The maximum atomic E-state index is 12.7. The monoisotopic (exact) mass is 418 g/mol. The minimum atomic E-state index is -4.34. The molecule has 2 aromatic rings. The summed E-state index contributed by atoms with van der Waals surface area (Å²) in [5.74, 6) is -0.272. The molecule has 2 unspecified atom stereocenters. The number of rotatable bonds is 9. The summed E-state index contributed by atoms with van der Waals surface area (Å²) >= 11 is 0. The van der Waals surface area contributed by atoms with Crippen molar-refractivity contribution >= 4 is 10.1 Å². The molecule has 2 rings (SSSR count). The molecule has 0 fully saturated rings. The van der Waals surface area contributed by atoms with Crippen LogP contribution in [0.2, 0.25) is 0 Å². The highest BCUT2D eigenvalue weighted by molar-refractivity contribution is 7.85. The zero-order chi connectivity index (χ0) is 20.9. The van der Waals surface area contributed by atoms with E-state index in [9.17, 15) is 26.1 Å². The van der Waals surface area contributed by atoms with Crippen LogP contribution in [0, 0.1) is 0 Å². The highest BCUT2D eigenvalue weighted by Gasteiger charge is 2.30. The molecule has 28 heavy (non-hydrogen) atoms. The summed E-state index contributed by atoms with van der Waals surface area (Å²) in [5, 5.41) is 0. The Morgan fingerprint density at radius 1 is 1.21 bits per heavy atom. The SMILES string of the molecule is CCC(CC(C)n1cc[n+](CCCS(=O)(=O)[O-])c1)c1ccc(C(F)(F)F)cc1. The average molecular weight is 418 g/mol. The first-order valence-electron chi connectivity index (χ1n) is 9.17. The quantitative estimate of drug-likeness (QED) is 0.459. The smallest absolute Gasteiger partial charge is 0.416 e. The van der Waals surface area contributed by atoms with Crippen LogP contribution in [0.15, 0.2) is 43.0 Å². The van der Waals surface area contributed by atoms with Gasteiger partial charge in [-0.1, -0.05) is 19.1 Å². The molecule has 156 valence electrons. The maximum absolute atomic E-state index is 12.7. The van der Waals surface area contributed by atoms with Crippen molar-refractivity contribution in [3.8, 4) is 0 Å². The topological polar surface area (TPSA) is 66.0 Å². The molecule has 0 aliphatic rings. The molecule has 1 aromatic heterocycles. The van der Waals surface area contributed by atoms with Crippen molar-refractivity contribution in [3.05, 3.63) is 54.1 Å². The average Bonchev–Trinajstić information content (AvgIpc) is 3.07. The van der Waals surface area contributed by atoms with E-state index in [1.165, 1.54) is 0 Å². The molecule has 0 spiro atoms. The van der Waals surface area contributed by atoms with E-state index >= 15 is 0 Å². The summed E-state index contributed by atoms with van der Waals surface area (Å²) in [4.78, 5) is 0. The lowest BCUT2D eigenvalue weighted by Gasteiger charge is -2.19. The first-order chi connectivity index (χ1) is 13.0. The molecular formula is C19H25F3N2O3S. The molecule has 0 radical (unpaired) electrons. The first-order valence-corrected chi connectivity index (χ1v) is 10.7. The third-order valence-electron chi connectivity index (χ3n) is 4.86. The van der Waals surface area contributed by atoms with Gasteiger partial charge in [-0.25, -0.2) is 17.6 Å². The molecule has 0 bridgehead atoms. The lowest BCUT2D eigenvalue weighted by atomic mass is 9.90. The minimum absolute atomic E-state index is 0.108. The third-order valence-corrected chi connectivity index (χ3v) is 5.65. The Hall–Kier alpha value is -1.87. The van der Waals surface area contributed by atoms with E-state index in [0.29, 0.717) is 6.54 Å². The molecule has 1 heterocycles. The zero-order valence-corrected chi connectivity index (χ0v) is 16.7. The molecule has 0 aliphatic heterocycles. The van der Waals surface area contributed by atoms with Gasteiger partial charge in [0.05, 0.1) is 28.3 Å². The van der Waals surface area contributed by atoms with Gasteiger partial charge in [0.1, 0.15) is 12.4 Å². The van der Waals surface area contributed by atoms with Gasteiger partial charge in [-0.05, 0) is 49.8 Å². The lowest BCUT2D eigenvalue weighted by molar-refractivity contribution is -0.696. The van der Waals surface area contributed by atoms with Crippen molar-refractivity contribution in [2.24, 2.45) is 0 Å². The fraction of sp³-hybridized carbons (Fsp3) is 0.526. The van der Waals surface area contributed by atoms with Crippen LogP contribution in [0.1, 0.15) is 56.2 Å². The number of hydrogen-bond donors (Lipinski definition) is 0. The van der Waals surface area contributed by atoms with Crippen molar-refractivity contribution in [3.63, 3.8) is 0 Å². The molecule has 5 nitrogen and oxygen atoms in total. The number of benzene rings is 1. The predicted octanol–water partition coefficient (Wildman–Crippen LogP) is 3.87. The van der Waals surface area contributed by atoms with Crippen LogP contribution in [-0.2, 0) is 22.8 Å². The second-order valence-electron chi connectivity index (χ2n) is 7.02. The molecule has 0 saturated carbocycles. The van der Waals surface area contributed by atoms with Gasteiger partial charge in [-0.3, -0.25) is 0 Å². The summed E-state index contributed by atoms with van der Waals surface area (Å²) in [6, 6.07) is 5.44. The summed E-state index contributed by atoms with van der Waals surface area (Å²) in [6.07, 6.45) is 3.00. The molecule has 0 N–H and O–H groups in total. The molecular weight excluding hydrogens is 393 g/mol. The van der Waals surface area contributed by atoms with E-state index in [1.54, 1.807) is 12.1 Å². The summed E-state index contributed by atoms with van der Waals surface area (Å²) < 4.78 is 74.0. The highest BCUT2D eigenvalue weighted by atomic mass is 32.2. The predicted molar refractivity (Wildman–Crippen MR) is 97.6 cm³/mol. The van der Waals surface area contributed by atoms with Gasteiger partial charge in [-0.15, -0.1) is 0 Å². The number of nitrogens with zero attached hydrogens (tertiary/aromatic N) is 2. The second kappa shape index (κ2) is 9.09. The van der Waals surface area contributed by atoms with Crippen molar-refractivity contribution < 1.29 is 30.7 Å². The van der Waals surface area contributed by atoms with Gasteiger partial charge in [0.15, 0.2) is 0 Å². The maximum Gasteiger partial charge on any atom is 0.416 e. The van der Waals surface area contributed by atoms with E-state index in [4.69, 9.17) is 0 Å². The fourth-order valence-electron chi connectivity index (χ4n) is 3.24. The summed E-state index contributed by atoms with van der Waals surface area (Å²) in [7, 11) is -4.21. The van der Waals surface area contributed by atoms with Crippen molar-refractivity contribution in [2.45, 2.75) is 57.8 Å². The van der Waals surface area contributed by atoms with Gasteiger partial charge in [0.2, 0.25) is 6.33 Å². The Morgan fingerprint density at radius 2 is 1.86 bits per heavy atom. The number of aryl methyl sites for hydroxylation is 1. The summed E-state index contributed by atoms with van der Waals surface area (Å²) in [6.45, 7) is 4.46. The zero-order valence-electron chi connectivity index (χ0n) is 15.9. The van der Waals surface area contributed by atoms with E-state index in [0.717, 1.165) is 30.5 Å². The normalized spacial score (nSPS) is 14.8. The molecule has 1 aromatic carbocycles. The van der Waals surface area contributed by atoms with E-state index < -0.39 is 27.6 Å². The van der Waals surface area contributed by atoms with Crippen LogP contribution in [0.5, 0.6) is 0 Å². The van der Waals surface area contributed by atoms with Gasteiger partial charge in [0, 0.05) is 5.75 Å². The Labute approximate surface area is 163 Å². The van der Waals surface area contributed by atoms with Crippen molar-refractivity contribution in [2.75, 3.05) is 5.75 Å². The Morgan fingerprint density at radius 3 is 2.39 bits per heavy atom. The van der Waals surface area contributed by atoms with Crippen LogP contribution >= 0.6 is 0 Å². The van der Waals surface area contributed by atoms with Crippen LogP contribution < -0.4 is 4.57 Å². The van der Waals surface area contributed by atoms with Crippen molar-refractivity contribution in [1.82, 2.24) is 4.57 Å². The van der Waals surface area contributed by atoms with E-state index in [-0.39, 0.29) is 18.4 Å². The standard InChI is InChI=1S/C19H25F3N2O3S/c1-3-16(17-5-7-18(8-6-17)19(20,21)22)13-15(2)24-11-10-23(14-24)9-4-12-28(25,26)27/h5-8,10-11,14-16H,3-4,9,12-13H2,1-2H3. The van der Waals surface area contributed by atoms with Crippen LogP contribution in [-0.4, -0.2) is 23.3 Å². The van der Waals surface area contributed by atoms with E-state index in [1.807, 2.05) is 41.7 Å². The molecule has 0 saturated heterocycles. The van der Waals surface area contributed by atoms with E-state index in [2.05, 4.69) is 0 Å². The minimum Gasteiger partial charge on any atom is -0.748 e. The molecule has 0 aliphatic carbocycles. The number of halogens is 3. The number of hydrogen-bond acceptors (Lipinski definition) is 3. The number of aromatic nitrogens is 2. The Kier molecular flexibility index (Phi) is 7.28. The summed E-state index contributed by atoms with van der Waals surface area (Å²) in [5.41, 5.74) is 0.230. The largest absolute Gasteiger partial charge is 0.748 e. The van der Waals surface area contributed by atoms with Gasteiger partial charge in [-0.2, -0.15) is 13.2 Å². The number of alkyl halides is 3. The van der Waals surface area contributed by atoms with Crippen LogP contribution in [0.25, 0.3) is 0 Å². The molecule has 0 amide bonds. The highest BCUT2D eigenvalue weighted by Crippen LogP contribution is 2.33. The first kappa shape index (κ1) is 22.4. The Balaban J connectivity index is 1.99. The van der Waals surface area contributed by atoms with Gasteiger partial charge in [0.25, 0.3) is 0 Å². The van der Waals surface area contributed by atoms with Gasteiger partial charge < -0.3 is 4.55 Å². The second-order valence-corrected chi connectivity index (χ2v) is 8.55. The number of imidazole rings is 1. The molecule has 9 heteroatoms.